The number of ether oxygens (including phenoxy) is 2. The standard InChI is InChI=1S/C22H14ClF4NO2/c23-22(26,27)30-16-10-8-14(9-11-16)13-4-6-15(7-5-13)19-12-29-21(28-19)20-17(24)2-1-3-18(20)25/h1-11,19H,12H2. The van der Waals surface area contributed by atoms with Gasteiger partial charge < -0.3 is 9.47 Å². The smallest absolute Gasteiger partial charge is 0.475 e. The molecular formula is C22H14ClF4NO2. The lowest BCUT2D eigenvalue weighted by Crippen LogP contribution is -2.15. The van der Waals surface area contributed by atoms with Crippen molar-refractivity contribution in [1.29, 1.82) is 0 Å². The van der Waals surface area contributed by atoms with Gasteiger partial charge in [0, 0.05) is 11.6 Å². The molecule has 3 aromatic carbocycles. The Bertz CT molecular complexity index is 1060. The fourth-order valence-corrected chi connectivity index (χ4v) is 3.22. The summed E-state index contributed by atoms with van der Waals surface area (Å²) >= 11 is 4.75. The largest absolute Gasteiger partial charge is 0.487 e. The highest BCUT2D eigenvalue weighted by atomic mass is 35.5. The first kappa shape index (κ1) is 20.2. The average molecular weight is 436 g/mol. The zero-order valence-corrected chi connectivity index (χ0v) is 16.0. The van der Waals surface area contributed by atoms with Gasteiger partial charge in [0.2, 0.25) is 5.90 Å². The van der Waals surface area contributed by atoms with Gasteiger partial charge >= 0.3 is 5.57 Å². The third-order valence-corrected chi connectivity index (χ3v) is 4.62. The number of rotatable bonds is 5. The molecular weight excluding hydrogens is 422 g/mol. The first-order chi connectivity index (χ1) is 14.3. The molecule has 1 heterocycles. The van der Waals surface area contributed by atoms with E-state index in [4.69, 9.17) is 16.3 Å². The van der Waals surface area contributed by atoms with Gasteiger partial charge in [-0.3, -0.25) is 0 Å². The lowest BCUT2D eigenvalue weighted by molar-refractivity contribution is -0.0964. The zero-order chi connectivity index (χ0) is 21.3. The van der Waals surface area contributed by atoms with E-state index in [1.165, 1.54) is 18.2 Å². The zero-order valence-electron chi connectivity index (χ0n) is 15.3. The van der Waals surface area contributed by atoms with Gasteiger partial charge in [-0.1, -0.05) is 42.5 Å². The predicted octanol–water partition coefficient (Wildman–Crippen LogP) is 6.32. The molecule has 3 nitrogen and oxygen atoms in total. The molecule has 1 aliphatic heterocycles. The Morgan fingerprint density at radius 1 is 0.900 bits per heavy atom. The van der Waals surface area contributed by atoms with E-state index >= 15 is 0 Å². The summed E-state index contributed by atoms with van der Waals surface area (Å²) in [6, 6.07) is 16.5. The van der Waals surface area contributed by atoms with Crippen molar-refractivity contribution in [1.82, 2.24) is 0 Å². The molecule has 4 rings (SSSR count). The van der Waals surface area contributed by atoms with Crippen molar-refractivity contribution in [3.05, 3.63) is 89.5 Å². The summed E-state index contributed by atoms with van der Waals surface area (Å²) in [5, 5.41) is 0. The van der Waals surface area contributed by atoms with Gasteiger partial charge in [0.1, 0.15) is 35.6 Å². The summed E-state index contributed by atoms with van der Waals surface area (Å²) in [6.45, 7) is 0.168. The molecule has 0 saturated carbocycles. The van der Waals surface area contributed by atoms with E-state index in [1.807, 2.05) is 24.3 Å². The van der Waals surface area contributed by atoms with E-state index in [0.717, 1.165) is 28.8 Å². The van der Waals surface area contributed by atoms with E-state index in [-0.39, 0.29) is 23.8 Å². The van der Waals surface area contributed by atoms with Crippen LogP contribution in [0, 0.1) is 11.6 Å². The molecule has 0 aliphatic carbocycles. The average Bonchev–Trinajstić information content (AvgIpc) is 3.17. The van der Waals surface area contributed by atoms with Crippen LogP contribution in [-0.4, -0.2) is 18.1 Å². The molecule has 8 heteroatoms. The van der Waals surface area contributed by atoms with Crippen molar-refractivity contribution < 1.29 is 27.0 Å². The molecule has 1 aliphatic rings. The molecule has 30 heavy (non-hydrogen) atoms. The van der Waals surface area contributed by atoms with Crippen molar-refractivity contribution in [2.24, 2.45) is 4.99 Å². The van der Waals surface area contributed by atoms with Crippen LogP contribution in [0.15, 0.2) is 71.7 Å². The number of hydrogen-bond donors (Lipinski definition) is 0. The van der Waals surface area contributed by atoms with Gasteiger partial charge in [0.15, 0.2) is 0 Å². The highest BCUT2D eigenvalue weighted by Gasteiger charge is 2.28. The van der Waals surface area contributed by atoms with Gasteiger partial charge in [-0.15, -0.1) is 8.78 Å². The Kier molecular flexibility index (Phi) is 5.39. The SMILES string of the molecule is Fc1cccc(F)c1C1=NC(c2ccc(-c3ccc(OC(F)(F)Cl)cc3)cc2)CO1. The van der Waals surface area contributed by atoms with Crippen molar-refractivity contribution in [3.63, 3.8) is 0 Å². The Hall–Kier alpha value is -3.06. The minimum Gasteiger partial charge on any atom is -0.475 e. The van der Waals surface area contributed by atoms with E-state index in [9.17, 15) is 17.6 Å². The summed E-state index contributed by atoms with van der Waals surface area (Å²) in [6.07, 6.45) is 0. The van der Waals surface area contributed by atoms with Gasteiger partial charge in [0.05, 0.1) is 0 Å². The Morgan fingerprint density at radius 3 is 2.03 bits per heavy atom. The number of benzene rings is 3. The van der Waals surface area contributed by atoms with Crippen LogP contribution in [0.25, 0.3) is 11.1 Å². The molecule has 0 spiro atoms. The number of alkyl halides is 3. The van der Waals surface area contributed by atoms with Crippen LogP contribution in [-0.2, 0) is 4.74 Å². The van der Waals surface area contributed by atoms with E-state index in [0.29, 0.717) is 0 Å². The van der Waals surface area contributed by atoms with E-state index in [2.05, 4.69) is 9.73 Å². The summed E-state index contributed by atoms with van der Waals surface area (Å²) in [7, 11) is 0. The highest BCUT2D eigenvalue weighted by Crippen LogP contribution is 2.31. The summed E-state index contributed by atoms with van der Waals surface area (Å²) in [5.41, 5.74) is -1.61. The predicted molar refractivity (Wildman–Crippen MR) is 105 cm³/mol. The number of aliphatic imine (C=N–C) groups is 1. The minimum absolute atomic E-state index is 0.0549. The minimum atomic E-state index is -3.77. The first-order valence-corrected chi connectivity index (χ1v) is 9.29. The van der Waals surface area contributed by atoms with Crippen LogP contribution in [0.5, 0.6) is 5.75 Å². The maximum Gasteiger partial charge on any atom is 0.487 e. The van der Waals surface area contributed by atoms with Gasteiger partial charge in [-0.05, 0) is 41.0 Å². The molecule has 0 aromatic heterocycles. The second-order valence-electron chi connectivity index (χ2n) is 6.55. The molecule has 1 unspecified atom stereocenters. The third kappa shape index (κ3) is 4.41. The topological polar surface area (TPSA) is 30.8 Å². The molecule has 0 radical (unpaired) electrons. The quantitative estimate of drug-likeness (QED) is 0.347. The van der Waals surface area contributed by atoms with Crippen LogP contribution in [0.1, 0.15) is 17.2 Å². The Morgan fingerprint density at radius 2 is 1.47 bits per heavy atom. The fraction of sp³-hybridized carbons (Fsp3) is 0.136. The normalized spacial score (nSPS) is 16.2. The second-order valence-corrected chi connectivity index (χ2v) is 6.99. The second kappa shape index (κ2) is 7.99. The third-order valence-electron chi connectivity index (χ3n) is 4.54. The molecule has 0 N–H and O–H groups in total. The first-order valence-electron chi connectivity index (χ1n) is 8.91. The van der Waals surface area contributed by atoms with Crippen LogP contribution >= 0.6 is 11.6 Å². The number of hydrogen-bond acceptors (Lipinski definition) is 3. The summed E-state index contributed by atoms with van der Waals surface area (Å²) < 4.78 is 62.9. The van der Waals surface area contributed by atoms with E-state index < -0.39 is 23.2 Å². The molecule has 154 valence electrons. The van der Waals surface area contributed by atoms with Crippen molar-refractivity contribution in [2.45, 2.75) is 11.6 Å². The lowest BCUT2D eigenvalue weighted by atomic mass is 10.0. The molecule has 1 atom stereocenters. The maximum absolute atomic E-state index is 13.9. The Labute approximate surface area is 174 Å². The molecule has 0 saturated heterocycles. The molecule has 0 amide bonds. The van der Waals surface area contributed by atoms with Crippen molar-refractivity contribution >= 4 is 17.5 Å². The summed E-state index contributed by atoms with van der Waals surface area (Å²) in [5.74, 6) is -1.58. The molecule has 0 bridgehead atoms. The van der Waals surface area contributed by atoms with Gasteiger partial charge in [-0.2, -0.15) is 0 Å². The summed E-state index contributed by atoms with van der Waals surface area (Å²) in [4.78, 5) is 4.31. The Balaban J connectivity index is 1.51. The molecule has 3 aromatic rings. The highest BCUT2D eigenvalue weighted by molar-refractivity contribution is 6.20. The lowest BCUT2D eigenvalue weighted by Gasteiger charge is -2.11. The van der Waals surface area contributed by atoms with Crippen LogP contribution in [0.3, 0.4) is 0 Å². The van der Waals surface area contributed by atoms with Crippen LogP contribution in [0.4, 0.5) is 17.6 Å². The van der Waals surface area contributed by atoms with Crippen LogP contribution in [0.2, 0.25) is 0 Å². The van der Waals surface area contributed by atoms with E-state index in [1.54, 1.807) is 12.1 Å². The van der Waals surface area contributed by atoms with Crippen molar-refractivity contribution in [2.75, 3.05) is 6.61 Å². The monoisotopic (exact) mass is 435 g/mol. The van der Waals surface area contributed by atoms with Gasteiger partial charge in [0.25, 0.3) is 0 Å². The maximum atomic E-state index is 13.9. The van der Waals surface area contributed by atoms with Crippen molar-refractivity contribution in [3.8, 4) is 16.9 Å². The van der Waals surface area contributed by atoms with Crippen LogP contribution < -0.4 is 4.74 Å². The van der Waals surface area contributed by atoms with Gasteiger partial charge in [-0.25, -0.2) is 13.8 Å². The molecule has 0 fully saturated rings. The number of nitrogens with zero attached hydrogens (tertiary/aromatic N) is 1. The number of halogens is 5. The fourth-order valence-electron chi connectivity index (χ4n) is 3.13.